The summed E-state index contributed by atoms with van der Waals surface area (Å²) in [7, 11) is -3.01. The van der Waals surface area contributed by atoms with Crippen molar-refractivity contribution in [2.45, 2.75) is 80.6 Å². The van der Waals surface area contributed by atoms with E-state index in [1.54, 1.807) is 5.32 Å². The van der Waals surface area contributed by atoms with Crippen LogP contribution in [0.15, 0.2) is 72.8 Å². The van der Waals surface area contributed by atoms with Crippen molar-refractivity contribution < 1.29 is 77.4 Å². The van der Waals surface area contributed by atoms with Crippen molar-refractivity contribution in [3.05, 3.63) is 101 Å². The first-order valence-electron chi connectivity index (χ1n) is 18.2. The first-order chi connectivity index (χ1) is 28.3. The molecule has 0 saturated carbocycles. The first-order valence-corrected chi connectivity index (χ1v) is 19.9. The van der Waals surface area contributed by atoms with Crippen LogP contribution in [0.25, 0.3) is 0 Å². The summed E-state index contributed by atoms with van der Waals surface area (Å²) in [6.07, 6.45) is -13.7. The third kappa shape index (κ3) is 11.9. The van der Waals surface area contributed by atoms with Crippen LogP contribution in [0.2, 0.25) is 0 Å². The first kappa shape index (κ1) is 47.9. The zero-order valence-electron chi connectivity index (χ0n) is 32.4. The van der Waals surface area contributed by atoms with Crippen molar-refractivity contribution in [1.82, 2.24) is 20.9 Å². The molecular weight excluding hydrogens is 852 g/mol. The summed E-state index contributed by atoms with van der Waals surface area (Å²) in [4.78, 5) is 65.5. The number of ether oxygens (including phenoxy) is 1. The topological polar surface area (TPSA) is 188 Å². The van der Waals surface area contributed by atoms with Gasteiger partial charge in [-0.05, 0) is 47.2 Å². The molecule has 332 valence electrons. The molecule has 0 aliphatic carbocycles. The van der Waals surface area contributed by atoms with E-state index in [1.165, 1.54) is 69.5 Å². The third-order valence-corrected chi connectivity index (χ3v) is 11.9. The van der Waals surface area contributed by atoms with Crippen LogP contribution >= 0.6 is 0 Å². The van der Waals surface area contributed by atoms with Gasteiger partial charge in [0.1, 0.15) is 17.8 Å². The molecule has 3 aromatic rings. The molecule has 1 saturated heterocycles. The van der Waals surface area contributed by atoms with E-state index in [9.17, 15) is 58.7 Å². The summed E-state index contributed by atoms with van der Waals surface area (Å²) < 4.78 is 146. The molecule has 0 aromatic heterocycles. The number of alkyl halides is 8. The largest absolute Gasteiger partial charge is 0.497 e. The fourth-order valence-corrected chi connectivity index (χ4v) is 8.32. The van der Waals surface area contributed by atoms with Gasteiger partial charge in [-0.2, -0.15) is 35.1 Å². The molecule has 3 aromatic carbocycles. The maximum absolute atomic E-state index is 15.8. The SMILES string of the molecule is COc1ccc(CS(=O)(=O)[C@@H]2C[C@@H](C(=O)NC(C(=O)C(F)(F)F)C(C)C)N(C(=O)C(Cc3ccc(CNC(=O)O)cc3)NC(=O)C(F)(F)c3ccccc3C(F)(F)F)C2)cc1. The van der Waals surface area contributed by atoms with Crippen LogP contribution in [-0.4, -0.2) is 91.2 Å². The van der Waals surface area contributed by atoms with Gasteiger partial charge in [-0.25, -0.2) is 13.2 Å². The smallest absolute Gasteiger partial charge is 0.452 e. The summed E-state index contributed by atoms with van der Waals surface area (Å²) in [5.74, 6) is -14.1. The molecule has 1 aliphatic heterocycles. The minimum atomic E-state index is -5.44. The number of rotatable bonds is 16. The second kappa shape index (κ2) is 18.9. The standard InChI is InChI=1S/C39H40F8N4O9S/c1-21(2)31(32(52)39(45,46)47)50-33(53)30-17-26(61(58,59)20-24-12-14-25(60-3)15-13-24)19-51(30)34(54)29(16-22-8-10-23(11-9-22)18-48-36(56)57)49-35(55)37(40,41)27-6-4-5-7-28(27)38(42,43)44/h4-15,21,26,29-31,48H,16-20H2,1-3H3,(H,49,55)(H,50,53)(H,56,57)/t26-,29?,30+,31?/m1/s1. The van der Waals surface area contributed by atoms with Crippen molar-refractivity contribution in [3.8, 4) is 5.75 Å². The Balaban J connectivity index is 1.78. The predicted octanol–water partition coefficient (Wildman–Crippen LogP) is 5.16. The zero-order chi connectivity index (χ0) is 45.7. The van der Waals surface area contributed by atoms with Crippen molar-refractivity contribution in [3.63, 3.8) is 0 Å². The molecule has 4 N–H and O–H groups in total. The number of halogens is 8. The van der Waals surface area contributed by atoms with E-state index >= 15 is 8.78 Å². The van der Waals surface area contributed by atoms with Gasteiger partial charge in [-0.1, -0.05) is 68.4 Å². The second-order valence-electron chi connectivity index (χ2n) is 14.4. The van der Waals surface area contributed by atoms with E-state index in [1.807, 2.05) is 5.32 Å². The number of sulfone groups is 1. The number of carbonyl (C=O) groups excluding carboxylic acids is 4. The quantitative estimate of drug-likeness (QED) is 0.141. The number of ketones is 1. The van der Waals surface area contributed by atoms with E-state index in [0.29, 0.717) is 28.3 Å². The van der Waals surface area contributed by atoms with Crippen molar-refractivity contribution >= 4 is 39.4 Å². The molecule has 13 nitrogen and oxygen atoms in total. The Morgan fingerprint density at radius 2 is 1.38 bits per heavy atom. The van der Waals surface area contributed by atoms with Gasteiger partial charge in [0.05, 0.1) is 29.7 Å². The molecular formula is C39H40F8N4O9S. The molecule has 0 spiro atoms. The van der Waals surface area contributed by atoms with Gasteiger partial charge in [0.15, 0.2) is 9.84 Å². The number of nitrogens with one attached hydrogen (secondary N) is 3. The monoisotopic (exact) mass is 892 g/mol. The Hall–Kier alpha value is -5.80. The Kier molecular flexibility index (Phi) is 14.8. The van der Waals surface area contributed by atoms with Crippen molar-refractivity contribution in [1.29, 1.82) is 0 Å². The fraction of sp³-hybridized carbons (Fsp3) is 0.410. The molecule has 1 aliphatic rings. The molecule has 1 heterocycles. The molecule has 0 radical (unpaired) electrons. The summed E-state index contributed by atoms with van der Waals surface area (Å²) in [6, 6.07) is 6.80. The maximum Gasteiger partial charge on any atom is 0.452 e. The molecule has 4 amide bonds. The maximum atomic E-state index is 15.8. The van der Waals surface area contributed by atoms with Gasteiger partial charge in [-0.15, -0.1) is 0 Å². The number of carbonyl (C=O) groups is 5. The van der Waals surface area contributed by atoms with Crippen LogP contribution in [0.1, 0.15) is 48.1 Å². The number of likely N-dealkylation sites (tertiary alicyclic amines) is 1. The number of amides is 4. The molecule has 1 fully saturated rings. The highest BCUT2D eigenvalue weighted by molar-refractivity contribution is 7.91. The Bertz CT molecular complexity index is 2200. The van der Waals surface area contributed by atoms with Crippen LogP contribution in [0.4, 0.5) is 39.9 Å². The molecule has 61 heavy (non-hydrogen) atoms. The molecule has 0 bridgehead atoms. The Morgan fingerprint density at radius 3 is 1.90 bits per heavy atom. The summed E-state index contributed by atoms with van der Waals surface area (Å²) in [5.41, 5.74) is -2.99. The lowest BCUT2D eigenvalue weighted by Gasteiger charge is -2.31. The van der Waals surface area contributed by atoms with E-state index in [-0.39, 0.29) is 17.7 Å². The molecule has 4 atom stereocenters. The second-order valence-corrected chi connectivity index (χ2v) is 16.7. The van der Waals surface area contributed by atoms with E-state index in [4.69, 9.17) is 9.84 Å². The average molecular weight is 893 g/mol. The summed E-state index contributed by atoms with van der Waals surface area (Å²) in [5, 5.41) is 13.0. The summed E-state index contributed by atoms with van der Waals surface area (Å²) in [6.45, 7) is 1.25. The number of carboxylic acid groups (broad SMARTS) is 1. The lowest BCUT2D eigenvalue weighted by Crippen LogP contribution is -2.58. The zero-order valence-corrected chi connectivity index (χ0v) is 33.3. The Labute approximate surface area is 343 Å². The van der Waals surface area contributed by atoms with Crippen LogP contribution in [0.5, 0.6) is 5.75 Å². The van der Waals surface area contributed by atoms with E-state index < -0.39 is 123 Å². The summed E-state index contributed by atoms with van der Waals surface area (Å²) >= 11 is 0. The number of benzene rings is 3. The average Bonchev–Trinajstić information content (AvgIpc) is 3.65. The molecule has 2 unspecified atom stereocenters. The number of Topliss-reactive ketones (excluding diaryl/α,β-unsaturated/α-hetero) is 1. The van der Waals surface area contributed by atoms with Crippen LogP contribution in [0, 0.1) is 5.92 Å². The van der Waals surface area contributed by atoms with Crippen LogP contribution < -0.4 is 20.7 Å². The Morgan fingerprint density at radius 1 is 0.820 bits per heavy atom. The highest BCUT2D eigenvalue weighted by Gasteiger charge is 2.52. The fourth-order valence-electron chi connectivity index (χ4n) is 6.56. The van der Waals surface area contributed by atoms with Gasteiger partial charge < -0.3 is 30.7 Å². The molecule has 4 rings (SSSR count). The third-order valence-electron chi connectivity index (χ3n) is 9.78. The lowest BCUT2D eigenvalue weighted by molar-refractivity contribution is -0.175. The number of hydrogen-bond acceptors (Lipinski definition) is 8. The van der Waals surface area contributed by atoms with Crippen LogP contribution in [0.3, 0.4) is 0 Å². The predicted molar refractivity (Wildman–Crippen MR) is 200 cm³/mol. The van der Waals surface area contributed by atoms with E-state index in [2.05, 4.69) is 5.32 Å². The minimum Gasteiger partial charge on any atom is -0.497 e. The lowest BCUT2D eigenvalue weighted by atomic mass is 9.98. The van der Waals surface area contributed by atoms with Gasteiger partial charge in [0.25, 0.3) is 11.7 Å². The van der Waals surface area contributed by atoms with Gasteiger partial charge in [0, 0.05) is 25.1 Å². The minimum absolute atomic E-state index is 0.0799. The van der Waals surface area contributed by atoms with Gasteiger partial charge in [-0.3, -0.25) is 19.2 Å². The van der Waals surface area contributed by atoms with Gasteiger partial charge in [0.2, 0.25) is 11.8 Å². The number of methoxy groups -OCH3 is 1. The normalized spacial score (nSPS) is 17.0. The molecule has 22 heteroatoms. The van der Waals surface area contributed by atoms with Crippen molar-refractivity contribution in [2.24, 2.45) is 5.92 Å². The van der Waals surface area contributed by atoms with Crippen LogP contribution in [-0.2, 0) is 59.8 Å². The van der Waals surface area contributed by atoms with E-state index in [0.717, 1.165) is 12.1 Å². The van der Waals surface area contributed by atoms with Crippen molar-refractivity contribution in [2.75, 3.05) is 13.7 Å². The highest BCUT2D eigenvalue weighted by atomic mass is 32.2. The van der Waals surface area contributed by atoms with Gasteiger partial charge >= 0.3 is 24.4 Å². The highest BCUT2D eigenvalue weighted by Crippen LogP contribution is 2.40. The number of hydrogen-bond donors (Lipinski definition) is 4. The number of nitrogens with zero attached hydrogens (tertiary/aromatic N) is 1.